The van der Waals surface area contributed by atoms with Gasteiger partial charge in [0.2, 0.25) is 5.75 Å². The zero-order chi connectivity index (χ0) is 17.3. The van der Waals surface area contributed by atoms with Gasteiger partial charge in [0.15, 0.2) is 11.3 Å². The SMILES string of the molecule is CC(=O)Oc1ccc2c(C)c(C(=O)O)c(=O)oc2c1OC(C)=O. The van der Waals surface area contributed by atoms with E-state index in [2.05, 4.69) is 0 Å². The number of carboxylic acids is 1. The van der Waals surface area contributed by atoms with E-state index in [0.717, 1.165) is 13.8 Å². The van der Waals surface area contributed by atoms with Crippen LogP contribution in [0.1, 0.15) is 29.8 Å². The minimum atomic E-state index is -1.43. The lowest BCUT2D eigenvalue weighted by atomic mass is 10.1. The Morgan fingerprint density at radius 1 is 1.09 bits per heavy atom. The van der Waals surface area contributed by atoms with Crippen LogP contribution in [0.2, 0.25) is 0 Å². The molecule has 0 saturated carbocycles. The first-order valence-electron chi connectivity index (χ1n) is 6.43. The van der Waals surface area contributed by atoms with Crippen molar-refractivity contribution in [1.82, 2.24) is 0 Å². The Hall–Kier alpha value is -3.16. The molecular weight excluding hydrogens is 308 g/mol. The summed E-state index contributed by atoms with van der Waals surface area (Å²) in [6.45, 7) is 3.69. The van der Waals surface area contributed by atoms with Gasteiger partial charge in [0, 0.05) is 19.2 Å². The molecule has 120 valence electrons. The molecule has 0 aliphatic rings. The molecule has 0 unspecified atom stereocenters. The molecule has 2 rings (SSSR count). The summed E-state index contributed by atoms with van der Waals surface area (Å²) in [6, 6.07) is 2.73. The highest BCUT2D eigenvalue weighted by Gasteiger charge is 2.23. The number of rotatable bonds is 3. The van der Waals surface area contributed by atoms with Crippen LogP contribution in [-0.4, -0.2) is 23.0 Å². The van der Waals surface area contributed by atoms with Gasteiger partial charge in [0.25, 0.3) is 0 Å². The van der Waals surface area contributed by atoms with Crippen molar-refractivity contribution >= 4 is 28.9 Å². The fourth-order valence-electron chi connectivity index (χ4n) is 2.10. The van der Waals surface area contributed by atoms with Crippen LogP contribution < -0.4 is 15.1 Å². The monoisotopic (exact) mass is 320 g/mol. The number of benzene rings is 1. The summed E-state index contributed by atoms with van der Waals surface area (Å²) in [5.41, 5.74) is -1.65. The highest BCUT2D eigenvalue weighted by atomic mass is 16.6. The van der Waals surface area contributed by atoms with E-state index in [-0.39, 0.29) is 28.0 Å². The van der Waals surface area contributed by atoms with Gasteiger partial charge in [-0.05, 0) is 24.6 Å². The van der Waals surface area contributed by atoms with Gasteiger partial charge in [-0.2, -0.15) is 0 Å². The van der Waals surface area contributed by atoms with E-state index in [1.807, 2.05) is 0 Å². The number of aryl methyl sites for hydroxylation is 1. The van der Waals surface area contributed by atoms with Crippen molar-refractivity contribution < 1.29 is 33.4 Å². The zero-order valence-electron chi connectivity index (χ0n) is 12.5. The predicted molar refractivity (Wildman–Crippen MR) is 76.8 cm³/mol. The maximum atomic E-state index is 11.9. The molecule has 1 aromatic carbocycles. The minimum Gasteiger partial charge on any atom is -0.477 e. The number of hydrogen-bond donors (Lipinski definition) is 1. The first-order chi connectivity index (χ1) is 10.7. The quantitative estimate of drug-likeness (QED) is 0.515. The number of ether oxygens (including phenoxy) is 2. The predicted octanol–water partition coefficient (Wildman–Crippen LogP) is 1.65. The first kappa shape index (κ1) is 16.2. The minimum absolute atomic E-state index is 0.120. The highest BCUT2D eigenvalue weighted by molar-refractivity contribution is 5.98. The molecule has 0 bridgehead atoms. The summed E-state index contributed by atoms with van der Waals surface area (Å²) in [4.78, 5) is 45.4. The number of carboxylic acid groups (broad SMARTS) is 1. The van der Waals surface area contributed by atoms with Crippen molar-refractivity contribution in [2.45, 2.75) is 20.8 Å². The number of carbonyl (C=O) groups excluding carboxylic acids is 2. The third-order valence-corrected chi connectivity index (χ3v) is 2.97. The van der Waals surface area contributed by atoms with E-state index in [1.165, 1.54) is 19.1 Å². The standard InChI is InChI=1S/C15H12O8/c1-6-9-4-5-10(21-7(2)16)13(22-8(3)17)12(9)23-15(20)11(6)14(18)19/h4-5H,1-3H3,(H,18,19). The van der Waals surface area contributed by atoms with E-state index in [1.54, 1.807) is 0 Å². The number of esters is 2. The summed E-state index contributed by atoms with van der Waals surface area (Å²) in [6.07, 6.45) is 0. The smallest absolute Gasteiger partial charge is 0.351 e. The lowest BCUT2D eigenvalue weighted by Crippen LogP contribution is -2.16. The fraction of sp³-hybridized carbons (Fsp3) is 0.200. The van der Waals surface area contributed by atoms with Crippen LogP contribution >= 0.6 is 0 Å². The van der Waals surface area contributed by atoms with Crippen LogP contribution in [0.3, 0.4) is 0 Å². The van der Waals surface area contributed by atoms with Crippen LogP contribution in [0.4, 0.5) is 0 Å². The molecule has 8 heteroatoms. The Bertz CT molecular complexity index is 890. The molecule has 0 aliphatic carbocycles. The molecular formula is C15H12O8. The second-order valence-corrected chi connectivity index (χ2v) is 4.65. The molecule has 0 saturated heterocycles. The molecule has 0 aliphatic heterocycles. The lowest BCUT2D eigenvalue weighted by molar-refractivity contribution is -0.134. The van der Waals surface area contributed by atoms with Crippen molar-refractivity contribution in [2.75, 3.05) is 0 Å². The molecule has 1 aromatic heterocycles. The molecule has 1 heterocycles. The maximum Gasteiger partial charge on any atom is 0.351 e. The van der Waals surface area contributed by atoms with Gasteiger partial charge in [0.05, 0.1) is 0 Å². The van der Waals surface area contributed by atoms with E-state index >= 15 is 0 Å². The number of carbonyl (C=O) groups is 3. The van der Waals surface area contributed by atoms with E-state index in [9.17, 15) is 19.2 Å². The molecule has 23 heavy (non-hydrogen) atoms. The molecule has 0 fully saturated rings. The van der Waals surface area contributed by atoms with Gasteiger partial charge in [0.1, 0.15) is 5.56 Å². The van der Waals surface area contributed by atoms with Crippen molar-refractivity contribution in [3.63, 3.8) is 0 Å². The molecule has 0 amide bonds. The van der Waals surface area contributed by atoms with Crippen molar-refractivity contribution in [1.29, 1.82) is 0 Å². The van der Waals surface area contributed by atoms with Crippen LogP contribution in [-0.2, 0) is 9.59 Å². The Morgan fingerprint density at radius 2 is 1.70 bits per heavy atom. The topological polar surface area (TPSA) is 120 Å². The van der Waals surface area contributed by atoms with Gasteiger partial charge in [-0.25, -0.2) is 9.59 Å². The third-order valence-electron chi connectivity index (χ3n) is 2.97. The van der Waals surface area contributed by atoms with Crippen LogP contribution in [0.15, 0.2) is 21.3 Å². The average molecular weight is 320 g/mol. The van der Waals surface area contributed by atoms with Gasteiger partial charge in [-0.1, -0.05) is 0 Å². The summed E-state index contributed by atoms with van der Waals surface area (Å²) in [5.74, 6) is -3.21. The summed E-state index contributed by atoms with van der Waals surface area (Å²) in [7, 11) is 0. The van der Waals surface area contributed by atoms with Gasteiger partial charge >= 0.3 is 23.5 Å². The summed E-state index contributed by atoms with van der Waals surface area (Å²) < 4.78 is 14.9. The maximum absolute atomic E-state index is 11.9. The average Bonchev–Trinajstić information content (AvgIpc) is 2.40. The highest BCUT2D eigenvalue weighted by Crippen LogP contribution is 2.37. The Balaban J connectivity index is 2.87. The van der Waals surface area contributed by atoms with E-state index in [0.29, 0.717) is 0 Å². The summed E-state index contributed by atoms with van der Waals surface area (Å²) in [5, 5.41) is 9.32. The van der Waals surface area contributed by atoms with Crippen LogP contribution in [0.5, 0.6) is 11.5 Å². The van der Waals surface area contributed by atoms with E-state index < -0.39 is 29.1 Å². The second-order valence-electron chi connectivity index (χ2n) is 4.65. The van der Waals surface area contributed by atoms with Gasteiger partial charge in [-0.15, -0.1) is 0 Å². The molecule has 0 spiro atoms. The second kappa shape index (κ2) is 5.91. The molecule has 8 nitrogen and oxygen atoms in total. The molecule has 2 aromatic rings. The lowest BCUT2D eigenvalue weighted by Gasteiger charge is -2.12. The first-order valence-corrected chi connectivity index (χ1v) is 6.43. The van der Waals surface area contributed by atoms with Crippen molar-refractivity contribution in [3.8, 4) is 11.5 Å². The Labute approximate surface area is 129 Å². The number of aromatic carboxylic acids is 1. The molecule has 0 atom stereocenters. The van der Waals surface area contributed by atoms with Crippen LogP contribution in [0.25, 0.3) is 11.0 Å². The zero-order valence-corrected chi connectivity index (χ0v) is 12.5. The fourth-order valence-corrected chi connectivity index (χ4v) is 2.10. The van der Waals surface area contributed by atoms with Crippen molar-refractivity contribution in [3.05, 3.63) is 33.7 Å². The Kier molecular flexibility index (Phi) is 4.17. The van der Waals surface area contributed by atoms with Gasteiger partial charge < -0.3 is 19.0 Å². The third kappa shape index (κ3) is 3.05. The van der Waals surface area contributed by atoms with E-state index in [4.69, 9.17) is 19.0 Å². The number of fused-ring (bicyclic) bond motifs is 1. The number of hydrogen-bond acceptors (Lipinski definition) is 7. The van der Waals surface area contributed by atoms with Gasteiger partial charge in [-0.3, -0.25) is 9.59 Å². The molecule has 1 N–H and O–H groups in total. The summed E-state index contributed by atoms with van der Waals surface area (Å²) >= 11 is 0. The van der Waals surface area contributed by atoms with Crippen molar-refractivity contribution in [2.24, 2.45) is 0 Å². The normalized spacial score (nSPS) is 10.4. The Morgan fingerprint density at radius 3 is 2.22 bits per heavy atom. The van der Waals surface area contributed by atoms with Crippen LogP contribution in [0, 0.1) is 6.92 Å². The largest absolute Gasteiger partial charge is 0.477 e. The molecule has 0 radical (unpaired) electrons.